The summed E-state index contributed by atoms with van der Waals surface area (Å²) in [5.74, 6) is 0.840. The maximum atomic E-state index is 12.1. The Bertz CT molecular complexity index is 369. The van der Waals surface area contributed by atoms with Gasteiger partial charge in [0.25, 0.3) is 0 Å². The highest BCUT2D eigenvalue weighted by Gasteiger charge is 2.31. The summed E-state index contributed by atoms with van der Waals surface area (Å²) < 4.78 is 0. The van der Waals surface area contributed by atoms with E-state index in [9.17, 15) is 9.59 Å². The monoisotopic (exact) mass is 295 g/mol. The first kappa shape index (κ1) is 17.5. The van der Waals surface area contributed by atoms with Crippen molar-refractivity contribution in [3.05, 3.63) is 12.7 Å². The lowest BCUT2D eigenvalue weighted by molar-refractivity contribution is -0.122. The SMILES string of the molecule is C=CCNC(=O)C[C@@H]1CCN(C(=O)NC(C)C)C[C@@H]1CC. The van der Waals surface area contributed by atoms with E-state index in [-0.39, 0.29) is 18.0 Å². The molecule has 1 saturated heterocycles. The molecule has 3 amide bonds. The summed E-state index contributed by atoms with van der Waals surface area (Å²) in [7, 11) is 0. The van der Waals surface area contributed by atoms with Gasteiger partial charge in [-0.05, 0) is 32.1 Å². The molecule has 0 bridgehead atoms. The molecule has 0 saturated carbocycles. The maximum Gasteiger partial charge on any atom is 0.317 e. The minimum absolute atomic E-state index is 0.0120. The third-order valence-electron chi connectivity index (χ3n) is 4.01. The minimum Gasteiger partial charge on any atom is -0.353 e. The Morgan fingerprint density at radius 3 is 2.67 bits per heavy atom. The predicted octanol–water partition coefficient (Wildman–Crippen LogP) is 2.14. The zero-order valence-electron chi connectivity index (χ0n) is 13.5. The Morgan fingerprint density at radius 1 is 1.38 bits per heavy atom. The highest BCUT2D eigenvalue weighted by atomic mass is 16.2. The fraction of sp³-hybridized carbons (Fsp3) is 0.750. The summed E-state index contributed by atoms with van der Waals surface area (Å²) in [4.78, 5) is 25.8. The van der Waals surface area contributed by atoms with Crippen molar-refractivity contribution in [2.75, 3.05) is 19.6 Å². The molecule has 0 aromatic carbocycles. The number of rotatable bonds is 6. The van der Waals surface area contributed by atoms with Gasteiger partial charge in [0, 0.05) is 32.1 Å². The van der Waals surface area contributed by atoms with Gasteiger partial charge in [0.1, 0.15) is 0 Å². The van der Waals surface area contributed by atoms with E-state index in [1.165, 1.54) is 0 Å². The molecule has 0 unspecified atom stereocenters. The van der Waals surface area contributed by atoms with E-state index in [1.807, 2.05) is 18.7 Å². The number of hydrogen-bond donors (Lipinski definition) is 2. The predicted molar refractivity (Wildman–Crippen MR) is 85.0 cm³/mol. The zero-order chi connectivity index (χ0) is 15.8. The van der Waals surface area contributed by atoms with Crippen molar-refractivity contribution >= 4 is 11.9 Å². The van der Waals surface area contributed by atoms with Gasteiger partial charge in [-0.25, -0.2) is 4.79 Å². The number of hydrogen-bond acceptors (Lipinski definition) is 2. The average molecular weight is 295 g/mol. The molecule has 0 radical (unpaired) electrons. The summed E-state index contributed by atoms with van der Waals surface area (Å²) >= 11 is 0. The number of nitrogens with one attached hydrogen (secondary N) is 2. The van der Waals surface area contributed by atoms with E-state index in [0.29, 0.717) is 24.8 Å². The quantitative estimate of drug-likeness (QED) is 0.738. The van der Waals surface area contributed by atoms with Crippen LogP contribution in [0.3, 0.4) is 0 Å². The van der Waals surface area contributed by atoms with Crippen molar-refractivity contribution in [2.24, 2.45) is 11.8 Å². The van der Waals surface area contributed by atoms with Gasteiger partial charge in [0.2, 0.25) is 5.91 Å². The van der Waals surface area contributed by atoms with Gasteiger partial charge in [0.15, 0.2) is 0 Å². The molecule has 1 rings (SSSR count). The van der Waals surface area contributed by atoms with Gasteiger partial charge in [0.05, 0.1) is 0 Å². The highest BCUT2D eigenvalue weighted by molar-refractivity contribution is 5.76. The van der Waals surface area contributed by atoms with Gasteiger partial charge in [-0.3, -0.25) is 4.79 Å². The number of carbonyl (C=O) groups is 2. The fourth-order valence-electron chi connectivity index (χ4n) is 2.83. The second-order valence-corrected chi connectivity index (χ2v) is 6.06. The van der Waals surface area contributed by atoms with E-state index < -0.39 is 0 Å². The summed E-state index contributed by atoms with van der Waals surface area (Å²) in [5, 5.41) is 5.77. The number of urea groups is 1. The summed E-state index contributed by atoms with van der Waals surface area (Å²) in [6.07, 6.45) is 4.12. The molecule has 120 valence electrons. The largest absolute Gasteiger partial charge is 0.353 e. The van der Waals surface area contributed by atoms with Gasteiger partial charge in [-0.1, -0.05) is 19.4 Å². The van der Waals surface area contributed by atoms with Crippen molar-refractivity contribution in [1.82, 2.24) is 15.5 Å². The molecular weight excluding hydrogens is 266 g/mol. The molecule has 0 aliphatic carbocycles. The first-order chi connectivity index (χ1) is 9.97. The number of likely N-dealkylation sites (tertiary alicyclic amines) is 1. The lowest BCUT2D eigenvalue weighted by Crippen LogP contribution is -2.50. The van der Waals surface area contributed by atoms with E-state index in [1.54, 1.807) is 6.08 Å². The van der Waals surface area contributed by atoms with E-state index in [0.717, 1.165) is 25.9 Å². The van der Waals surface area contributed by atoms with Crippen LogP contribution in [0.15, 0.2) is 12.7 Å². The van der Waals surface area contributed by atoms with Gasteiger partial charge < -0.3 is 15.5 Å². The van der Waals surface area contributed by atoms with Gasteiger partial charge >= 0.3 is 6.03 Å². The third-order valence-corrected chi connectivity index (χ3v) is 4.01. The molecule has 2 N–H and O–H groups in total. The van der Waals surface area contributed by atoms with E-state index in [4.69, 9.17) is 0 Å². The van der Waals surface area contributed by atoms with Crippen molar-refractivity contribution in [2.45, 2.75) is 46.1 Å². The zero-order valence-corrected chi connectivity index (χ0v) is 13.5. The maximum absolute atomic E-state index is 12.1. The van der Waals surface area contributed by atoms with Crippen LogP contribution in [0.4, 0.5) is 4.79 Å². The standard InChI is InChI=1S/C16H29N3O2/c1-5-8-17-15(20)10-14-7-9-19(11-13(14)6-2)16(21)18-12(3)4/h5,12-14H,1,6-11H2,2-4H3,(H,17,20)(H,18,21)/t13-,14-/m0/s1. The molecule has 1 fully saturated rings. The molecule has 5 heteroatoms. The Balaban J connectivity index is 2.51. The average Bonchev–Trinajstić information content (AvgIpc) is 2.44. The topological polar surface area (TPSA) is 61.4 Å². The van der Waals surface area contributed by atoms with Gasteiger partial charge in [-0.15, -0.1) is 6.58 Å². The molecule has 2 atom stereocenters. The molecule has 1 aliphatic rings. The smallest absolute Gasteiger partial charge is 0.317 e. The summed E-state index contributed by atoms with van der Waals surface area (Å²) in [6, 6.07) is 0.165. The van der Waals surface area contributed by atoms with Crippen molar-refractivity contribution in [1.29, 1.82) is 0 Å². The highest BCUT2D eigenvalue weighted by Crippen LogP contribution is 2.29. The summed E-state index contributed by atoms with van der Waals surface area (Å²) in [6.45, 7) is 11.6. The summed E-state index contributed by atoms with van der Waals surface area (Å²) in [5.41, 5.74) is 0. The van der Waals surface area contributed by atoms with Crippen LogP contribution in [0.2, 0.25) is 0 Å². The van der Waals surface area contributed by atoms with Crippen LogP contribution < -0.4 is 10.6 Å². The lowest BCUT2D eigenvalue weighted by Gasteiger charge is -2.38. The molecule has 0 aromatic heterocycles. The molecule has 0 aromatic rings. The molecule has 5 nitrogen and oxygen atoms in total. The third kappa shape index (κ3) is 5.78. The van der Waals surface area contributed by atoms with E-state index >= 15 is 0 Å². The number of piperidine rings is 1. The Morgan fingerprint density at radius 2 is 2.10 bits per heavy atom. The van der Waals surface area contributed by atoms with Crippen LogP contribution in [-0.4, -0.2) is 42.5 Å². The van der Waals surface area contributed by atoms with Crippen LogP contribution in [0.25, 0.3) is 0 Å². The number of carbonyl (C=O) groups excluding carboxylic acids is 2. The normalized spacial score (nSPS) is 22.0. The molecule has 1 heterocycles. The second-order valence-electron chi connectivity index (χ2n) is 6.06. The van der Waals surface area contributed by atoms with Crippen molar-refractivity contribution in [3.63, 3.8) is 0 Å². The van der Waals surface area contributed by atoms with Crippen LogP contribution in [-0.2, 0) is 4.79 Å². The molecule has 0 spiro atoms. The number of amides is 3. The van der Waals surface area contributed by atoms with Crippen molar-refractivity contribution < 1.29 is 9.59 Å². The molecule has 21 heavy (non-hydrogen) atoms. The first-order valence-corrected chi connectivity index (χ1v) is 7.90. The molecular formula is C16H29N3O2. The van der Waals surface area contributed by atoms with Crippen molar-refractivity contribution in [3.8, 4) is 0 Å². The first-order valence-electron chi connectivity index (χ1n) is 7.90. The van der Waals surface area contributed by atoms with Crippen LogP contribution in [0.1, 0.15) is 40.0 Å². The fourth-order valence-corrected chi connectivity index (χ4v) is 2.83. The minimum atomic E-state index is 0.0120. The Labute approximate surface area is 128 Å². The van der Waals surface area contributed by atoms with Crippen LogP contribution >= 0.6 is 0 Å². The van der Waals surface area contributed by atoms with Crippen LogP contribution in [0.5, 0.6) is 0 Å². The number of nitrogens with zero attached hydrogens (tertiary/aromatic N) is 1. The second kappa shape index (κ2) is 8.70. The van der Waals surface area contributed by atoms with Gasteiger partial charge in [-0.2, -0.15) is 0 Å². The lowest BCUT2D eigenvalue weighted by atomic mass is 9.81. The van der Waals surface area contributed by atoms with E-state index in [2.05, 4.69) is 24.1 Å². The Hall–Kier alpha value is -1.52. The van der Waals surface area contributed by atoms with Crippen LogP contribution in [0, 0.1) is 11.8 Å². The molecule has 1 aliphatic heterocycles. The Kier molecular flexibility index (Phi) is 7.26.